The summed E-state index contributed by atoms with van der Waals surface area (Å²) in [7, 11) is 0. The van der Waals surface area contributed by atoms with Crippen LogP contribution in [0.25, 0.3) is 0 Å². The Morgan fingerprint density at radius 3 is 2.13 bits per heavy atom. The molecule has 0 aliphatic rings. The number of carboxylic acids is 1. The monoisotopic (exact) mass is 312 g/mol. The van der Waals surface area contributed by atoms with E-state index in [0.717, 1.165) is 5.56 Å². The van der Waals surface area contributed by atoms with Gasteiger partial charge in [0.15, 0.2) is 5.78 Å². The van der Waals surface area contributed by atoms with E-state index in [2.05, 4.69) is 5.32 Å². The number of ketones is 1. The third kappa shape index (κ3) is 4.40. The standard InChI is InChI=1S/C18H20N2O3/c1-2-16(17(21)13-7-9-15(19)10-8-13)20-11-12-3-5-14(6-4-12)18(22)23/h3-10,16,20H,2,11,19H2,1H3,(H,22,23). The Kier molecular flexibility index (Phi) is 5.49. The minimum atomic E-state index is -0.950. The molecule has 2 rings (SSSR count). The maximum absolute atomic E-state index is 12.5. The lowest BCUT2D eigenvalue weighted by Gasteiger charge is -2.16. The van der Waals surface area contributed by atoms with Gasteiger partial charge in [-0.05, 0) is 48.4 Å². The molecule has 0 bridgehead atoms. The van der Waals surface area contributed by atoms with Gasteiger partial charge in [0.25, 0.3) is 0 Å². The average molecular weight is 312 g/mol. The van der Waals surface area contributed by atoms with Crippen LogP contribution < -0.4 is 11.1 Å². The number of nitrogens with one attached hydrogen (secondary N) is 1. The number of nitrogen functional groups attached to an aromatic ring is 1. The van der Waals surface area contributed by atoms with Gasteiger partial charge < -0.3 is 16.2 Å². The van der Waals surface area contributed by atoms with Crippen LogP contribution in [0.1, 0.15) is 39.6 Å². The predicted molar refractivity (Wildman–Crippen MR) is 89.5 cm³/mol. The largest absolute Gasteiger partial charge is 0.478 e. The fraction of sp³-hybridized carbons (Fsp3) is 0.222. The SMILES string of the molecule is CCC(NCc1ccc(C(=O)O)cc1)C(=O)c1ccc(N)cc1. The number of hydrogen-bond acceptors (Lipinski definition) is 4. The molecular weight excluding hydrogens is 292 g/mol. The quantitative estimate of drug-likeness (QED) is 0.540. The van der Waals surface area contributed by atoms with E-state index in [0.29, 0.717) is 24.2 Å². The van der Waals surface area contributed by atoms with E-state index in [-0.39, 0.29) is 17.4 Å². The highest BCUT2D eigenvalue weighted by molar-refractivity contribution is 6.00. The molecule has 2 aromatic carbocycles. The molecule has 0 radical (unpaired) electrons. The zero-order chi connectivity index (χ0) is 16.8. The molecule has 0 aromatic heterocycles. The minimum Gasteiger partial charge on any atom is -0.478 e. The lowest BCUT2D eigenvalue weighted by atomic mass is 10.0. The first-order valence-corrected chi connectivity index (χ1v) is 7.46. The molecule has 120 valence electrons. The Morgan fingerprint density at radius 1 is 1.04 bits per heavy atom. The van der Waals surface area contributed by atoms with Gasteiger partial charge in [0.2, 0.25) is 0 Å². The molecule has 0 fully saturated rings. The number of aromatic carboxylic acids is 1. The van der Waals surface area contributed by atoms with Crippen molar-refractivity contribution in [1.82, 2.24) is 5.32 Å². The molecule has 0 spiro atoms. The van der Waals surface area contributed by atoms with Gasteiger partial charge in [-0.15, -0.1) is 0 Å². The zero-order valence-corrected chi connectivity index (χ0v) is 13.0. The molecule has 0 aliphatic carbocycles. The van der Waals surface area contributed by atoms with Crippen molar-refractivity contribution >= 4 is 17.4 Å². The maximum Gasteiger partial charge on any atom is 0.335 e. The summed E-state index contributed by atoms with van der Waals surface area (Å²) in [6.07, 6.45) is 0.663. The summed E-state index contributed by atoms with van der Waals surface area (Å²) in [5.74, 6) is -0.927. The number of carbonyl (C=O) groups is 2. The van der Waals surface area contributed by atoms with Crippen molar-refractivity contribution in [3.8, 4) is 0 Å². The first kappa shape index (κ1) is 16.7. The summed E-state index contributed by atoms with van der Waals surface area (Å²) in [5.41, 5.74) is 8.06. The molecule has 0 saturated carbocycles. The van der Waals surface area contributed by atoms with Crippen LogP contribution in [0.15, 0.2) is 48.5 Å². The fourth-order valence-electron chi connectivity index (χ4n) is 2.28. The van der Waals surface area contributed by atoms with E-state index in [9.17, 15) is 9.59 Å². The molecule has 0 aliphatic heterocycles. The molecule has 23 heavy (non-hydrogen) atoms. The fourth-order valence-corrected chi connectivity index (χ4v) is 2.28. The van der Waals surface area contributed by atoms with Crippen molar-refractivity contribution in [3.63, 3.8) is 0 Å². The molecular formula is C18H20N2O3. The van der Waals surface area contributed by atoms with Crippen LogP contribution in [-0.2, 0) is 6.54 Å². The topological polar surface area (TPSA) is 92.4 Å². The number of benzene rings is 2. The van der Waals surface area contributed by atoms with Crippen LogP contribution in [0, 0.1) is 0 Å². The van der Waals surface area contributed by atoms with Gasteiger partial charge in [-0.3, -0.25) is 4.79 Å². The molecule has 2 aromatic rings. The van der Waals surface area contributed by atoms with Crippen molar-refractivity contribution in [2.24, 2.45) is 0 Å². The first-order chi connectivity index (χ1) is 11.0. The van der Waals surface area contributed by atoms with Crippen molar-refractivity contribution in [3.05, 3.63) is 65.2 Å². The summed E-state index contributed by atoms with van der Waals surface area (Å²) in [4.78, 5) is 23.3. The van der Waals surface area contributed by atoms with Gasteiger partial charge >= 0.3 is 5.97 Å². The first-order valence-electron chi connectivity index (χ1n) is 7.46. The van der Waals surface area contributed by atoms with Crippen molar-refractivity contribution < 1.29 is 14.7 Å². The van der Waals surface area contributed by atoms with Crippen LogP contribution >= 0.6 is 0 Å². The van der Waals surface area contributed by atoms with Crippen LogP contribution in [0.4, 0.5) is 5.69 Å². The molecule has 0 heterocycles. The van der Waals surface area contributed by atoms with E-state index < -0.39 is 5.97 Å². The van der Waals surface area contributed by atoms with E-state index >= 15 is 0 Å². The van der Waals surface area contributed by atoms with E-state index in [1.165, 1.54) is 0 Å². The highest BCUT2D eigenvalue weighted by atomic mass is 16.4. The number of nitrogens with two attached hydrogens (primary N) is 1. The second-order valence-corrected chi connectivity index (χ2v) is 5.33. The van der Waals surface area contributed by atoms with E-state index in [1.807, 2.05) is 6.92 Å². The highest BCUT2D eigenvalue weighted by Gasteiger charge is 2.17. The van der Waals surface area contributed by atoms with Crippen molar-refractivity contribution in [1.29, 1.82) is 0 Å². The summed E-state index contributed by atoms with van der Waals surface area (Å²) < 4.78 is 0. The van der Waals surface area contributed by atoms with Crippen molar-refractivity contribution in [2.75, 3.05) is 5.73 Å². The third-order valence-electron chi connectivity index (χ3n) is 3.67. The molecule has 1 atom stereocenters. The van der Waals surface area contributed by atoms with Crippen LogP contribution in [-0.4, -0.2) is 22.9 Å². The Bertz CT molecular complexity index is 678. The Labute approximate surface area is 135 Å². The van der Waals surface area contributed by atoms with E-state index in [1.54, 1.807) is 48.5 Å². The molecule has 4 N–H and O–H groups in total. The van der Waals surface area contributed by atoms with Gasteiger partial charge in [-0.2, -0.15) is 0 Å². The van der Waals surface area contributed by atoms with Crippen LogP contribution in [0.3, 0.4) is 0 Å². The Morgan fingerprint density at radius 2 is 1.61 bits per heavy atom. The summed E-state index contributed by atoms with van der Waals surface area (Å²) in [6, 6.07) is 13.2. The lowest BCUT2D eigenvalue weighted by molar-refractivity contribution is 0.0696. The smallest absolute Gasteiger partial charge is 0.335 e. The number of hydrogen-bond donors (Lipinski definition) is 3. The number of carbonyl (C=O) groups excluding carboxylic acids is 1. The molecule has 5 heteroatoms. The van der Waals surface area contributed by atoms with Gasteiger partial charge in [0.1, 0.15) is 0 Å². The second kappa shape index (κ2) is 7.56. The van der Waals surface area contributed by atoms with Gasteiger partial charge in [-0.25, -0.2) is 4.79 Å². The van der Waals surface area contributed by atoms with E-state index in [4.69, 9.17) is 10.8 Å². The Balaban J connectivity index is 2.00. The molecule has 0 saturated heterocycles. The minimum absolute atomic E-state index is 0.0228. The van der Waals surface area contributed by atoms with Crippen molar-refractivity contribution in [2.45, 2.75) is 25.9 Å². The summed E-state index contributed by atoms with van der Waals surface area (Å²) >= 11 is 0. The molecule has 5 nitrogen and oxygen atoms in total. The summed E-state index contributed by atoms with van der Waals surface area (Å²) in [5, 5.41) is 12.1. The van der Waals surface area contributed by atoms with Gasteiger partial charge in [0, 0.05) is 17.8 Å². The highest BCUT2D eigenvalue weighted by Crippen LogP contribution is 2.11. The van der Waals surface area contributed by atoms with Crippen LogP contribution in [0.5, 0.6) is 0 Å². The van der Waals surface area contributed by atoms with Gasteiger partial charge in [-0.1, -0.05) is 19.1 Å². The predicted octanol–water partition coefficient (Wildman–Crippen LogP) is 2.72. The molecule has 1 unspecified atom stereocenters. The second-order valence-electron chi connectivity index (χ2n) is 5.33. The number of carboxylic acid groups (broad SMARTS) is 1. The zero-order valence-electron chi connectivity index (χ0n) is 13.0. The van der Waals surface area contributed by atoms with Gasteiger partial charge in [0.05, 0.1) is 11.6 Å². The Hall–Kier alpha value is -2.66. The van der Waals surface area contributed by atoms with Crippen LogP contribution in [0.2, 0.25) is 0 Å². The number of Topliss-reactive ketones (excluding diaryl/α,β-unsaturated/α-hetero) is 1. The third-order valence-corrected chi connectivity index (χ3v) is 3.67. The maximum atomic E-state index is 12.5. The summed E-state index contributed by atoms with van der Waals surface area (Å²) in [6.45, 7) is 2.44. The number of rotatable bonds is 7. The lowest BCUT2D eigenvalue weighted by Crippen LogP contribution is -2.35. The number of anilines is 1. The average Bonchev–Trinajstić information content (AvgIpc) is 2.56. The normalized spacial score (nSPS) is 11.9. The molecule has 0 amide bonds.